The largest absolute Gasteiger partial charge is 0.497 e. The molecule has 0 bridgehead atoms. The number of ether oxygens (including phenoxy) is 2. The Bertz CT molecular complexity index is 992. The number of hydrogen-bond acceptors (Lipinski definition) is 4. The predicted octanol–water partition coefficient (Wildman–Crippen LogP) is 2.89. The second-order valence-electron chi connectivity index (χ2n) is 7.09. The van der Waals surface area contributed by atoms with E-state index in [9.17, 15) is 9.18 Å². The Morgan fingerprint density at radius 3 is 2.58 bits per heavy atom. The third-order valence-electron chi connectivity index (χ3n) is 3.80. The fraction of sp³-hybridized carbons (Fsp3) is 0.263. The molecule has 26 heavy (non-hydrogen) atoms. The van der Waals surface area contributed by atoms with Gasteiger partial charge in [0, 0.05) is 6.07 Å². The van der Waals surface area contributed by atoms with Gasteiger partial charge in [-0.05, 0) is 39.0 Å². The van der Waals surface area contributed by atoms with Gasteiger partial charge >= 0.3 is 6.09 Å². The second kappa shape index (κ2) is 6.48. The molecule has 0 N–H and O–H groups in total. The van der Waals surface area contributed by atoms with Gasteiger partial charge in [0.25, 0.3) is 0 Å². The van der Waals surface area contributed by atoms with E-state index in [1.165, 1.54) is 10.6 Å². The number of halogens is 1. The molecule has 0 spiro atoms. The normalized spacial score (nSPS) is 11.6. The summed E-state index contributed by atoms with van der Waals surface area (Å²) in [5, 5.41) is 0. The maximum Gasteiger partial charge on any atom is 0.420 e. The highest BCUT2D eigenvalue weighted by atomic mass is 19.1. The molecule has 5 nitrogen and oxygen atoms in total. The average Bonchev–Trinajstić information content (AvgIpc) is 2.93. The number of nitrogens with zero attached hydrogens (tertiary/aromatic N) is 2. The van der Waals surface area contributed by atoms with Crippen LogP contribution in [-0.2, 0) is 4.74 Å². The SMILES string of the molecule is Bc1ccc(F)c(-c2nc3cc(OC)ccc3n2C(=O)OC(C)(C)C)c1. The molecule has 0 saturated heterocycles. The summed E-state index contributed by atoms with van der Waals surface area (Å²) in [5.74, 6) is 0.342. The third kappa shape index (κ3) is 3.42. The lowest BCUT2D eigenvalue weighted by Crippen LogP contribution is -2.27. The molecule has 3 aromatic rings. The van der Waals surface area contributed by atoms with Crippen LogP contribution in [0.4, 0.5) is 9.18 Å². The Labute approximate surface area is 152 Å². The van der Waals surface area contributed by atoms with Gasteiger partial charge in [-0.25, -0.2) is 18.7 Å². The predicted molar refractivity (Wildman–Crippen MR) is 101 cm³/mol. The lowest BCUT2D eigenvalue weighted by atomic mass is 9.94. The molecule has 0 atom stereocenters. The maximum atomic E-state index is 14.5. The van der Waals surface area contributed by atoms with Crippen molar-refractivity contribution in [2.75, 3.05) is 7.11 Å². The Hall–Kier alpha value is -2.83. The van der Waals surface area contributed by atoms with Gasteiger partial charge in [-0.15, -0.1) is 0 Å². The first-order valence-electron chi connectivity index (χ1n) is 8.26. The number of aromatic nitrogens is 2. The fourth-order valence-electron chi connectivity index (χ4n) is 2.67. The molecule has 0 fully saturated rings. The van der Waals surface area contributed by atoms with Crippen LogP contribution >= 0.6 is 0 Å². The summed E-state index contributed by atoms with van der Waals surface area (Å²) in [4.78, 5) is 17.3. The van der Waals surface area contributed by atoms with E-state index in [0.29, 0.717) is 16.8 Å². The average molecular weight is 354 g/mol. The van der Waals surface area contributed by atoms with Gasteiger partial charge in [0.05, 0.1) is 23.7 Å². The molecular formula is C19H20BFN2O3. The Morgan fingerprint density at radius 1 is 1.19 bits per heavy atom. The quantitative estimate of drug-likeness (QED) is 0.664. The first-order valence-corrected chi connectivity index (χ1v) is 8.26. The third-order valence-corrected chi connectivity index (χ3v) is 3.80. The topological polar surface area (TPSA) is 53.4 Å². The van der Waals surface area contributed by atoms with Crippen molar-refractivity contribution in [1.82, 2.24) is 9.55 Å². The van der Waals surface area contributed by atoms with E-state index in [0.717, 1.165) is 5.46 Å². The van der Waals surface area contributed by atoms with Crippen LogP contribution in [0.1, 0.15) is 20.8 Å². The van der Waals surface area contributed by atoms with Crippen molar-refractivity contribution >= 4 is 30.4 Å². The summed E-state index contributed by atoms with van der Waals surface area (Å²) in [6, 6.07) is 9.83. The van der Waals surface area contributed by atoms with Crippen LogP contribution < -0.4 is 10.2 Å². The number of hydrogen-bond donors (Lipinski definition) is 0. The molecular weight excluding hydrogens is 334 g/mol. The Morgan fingerprint density at radius 2 is 1.92 bits per heavy atom. The minimum absolute atomic E-state index is 0.198. The monoisotopic (exact) mass is 354 g/mol. The standard InChI is InChI=1S/C19H20BFN2O3/c1-19(2,3)26-18(24)23-16-8-6-12(25-4)10-15(16)22-17(23)13-9-11(20)5-7-14(13)21/h5-10H,20H2,1-4H3. The van der Waals surface area contributed by atoms with E-state index in [4.69, 9.17) is 9.47 Å². The first kappa shape index (κ1) is 18.0. The molecule has 2 aromatic carbocycles. The molecule has 0 aliphatic heterocycles. The minimum atomic E-state index is -0.692. The van der Waals surface area contributed by atoms with Gasteiger partial charge in [0.2, 0.25) is 0 Å². The molecule has 0 amide bonds. The number of methoxy groups -OCH3 is 1. The molecule has 0 saturated carbocycles. The van der Waals surface area contributed by atoms with E-state index in [1.807, 2.05) is 7.85 Å². The maximum absolute atomic E-state index is 14.5. The molecule has 0 unspecified atom stereocenters. The van der Waals surface area contributed by atoms with Crippen LogP contribution in [0.15, 0.2) is 36.4 Å². The number of benzene rings is 2. The number of carbonyl (C=O) groups excluding carboxylic acids is 1. The molecule has 0 radical (unpaired) electrons. The van der Waals surface area contributed by atoms with Crippen molar-refractivity contribution in [3.8, 4) is 17.1 Å². The molecule has 1 aromatic heterocycles. The summed E-state index contributed by atoms with van der Waals surface area (Å²) in [6.45, 7) is 5.33. The lowest BCUT2D eigenvalue weighted by molar-refractivity contribution is 0.0546. The first-order chi connectivity index (χ1) is 12.2. The van der Waals surface area contributed by atoms with E-state index in [-0.39, 0.29) is 11.4 Å². The van der Waals surface area contributed by atoms with Crippen LogP contribution in [0.25, 0.3) is 22.4 Å². The van der Waals surface area contributed by atoms with Crippen molar-refractivity contribution in [1.29, 1.82) is 0 Å². The summed E-state index contributed by atoms with van der Waals surface area (Å²) < 4.78 is 26.5. The number of imidazole rings is 1. The van der Waals surface area contributed by atoms with Gasteiger partial charge < -0.3 is 9.47 Å². The van der Waals surface area contributed by atoms with Crippen LogP contribution in [0.2, 0.25) is 0 Å². The summed E-state index contributed by atoms with van der Waals surface area (Å²) in [5.41, 5.74) is 1.46. The second-order valence-corrected chi connectivity index (χ2v) is 7.09. The van der Waals surface area contributed by atoms with Crippen molar-refractivity contribution in [3.63, 3.8) is 0 Å². The zero-order valence-corrected chi connectivity index (χ0v) is 15.5. The Kier molecular flexibility index (Phi) is 4.48. The minimum Gasteiger partial charge on any atom is -0.497 e. The van der Waals surface area contributed by atoms with Crippen molar-refractivity contribution in [2.45, 2.75) is 26.4 Å². The van der Waals surface area contributed by atoms with Crippen molar-refractivity contribution in [3.05, 3.63) is 42.2 Å². The smallest absolute Gasteiger partial charge is 0.420 e. The molecule has 0 aliphatic carbocycles. The molecule has 1 heterocycles. The number of rotatable bonds is 2. The molecule has 0 aliphatic rings. The summed E-state index contributed by atoms with van der Waals surface area (Å²) in [6.07, 6.45) is -0.610. The highest BCUT2D eigenvalue weighted by Gasteiger charge is 2.25. The van der Waals surface area contributed by atoms with Crippen molar-refractivity contribution < 1.29 is 18.7 Å². The number of fused-ring (bicyclic) bond motifs is 1. The van der Waals surface area contributed by atoms with Gasteiger partial charge in [0.1, 0.15) is 25.0 Å². The van der Waals surface area contributed by atoms with Crippen LogP contribution in [0, 0.1) is 5.82 Å². The lowest BCUT2D eigenvalue weighted by Gasteiger charge is -2.20. The highest BCUT2D eigenvalue weighted by molar-refractivity contribution is 6.32. The van der Waals surface area contributed by atoms with Crippen LogP contribution in [-0.4, -0.2) is 36.2 Å². The van der Waals surface area contributed by atoms with Gasteiger partial charge in [-0.1, -0.05) is 17.6 Å². The highest BCUT2D eigenvalue weighted by Crippen LogP contribution is 2.29. The van der Waals surface area contributed by atoms with E-state index < -0.39 is 17.5 Å². The Balaban J connectivity index is 2.28. The van der Waals surface area contributed by atoms with E-state index >= 15 is 0 Å². The molecule has 3 rings (SSSR count). The van der Waals surface area contributed by atoms with Gasteiger partial charge in [0.15, 0.2) is 5.82 Å². The zero-order chi connectivity index (χ0) is 19.1. The molecule has 134 valence electrons. The van der Waals surface area contributed by atoms with E-state index in [2.05, 4.69) is 4.98 Å². The van der Waals surface area contributed by atoms with Crippen molar-refractivity contribution in [2.24, 2.45) is 0 Å². The van der Waals surface area contributed by atoms with Gasteiger partial charge in [-0.2, -0.15) is 0 Å². The molecule has 7 heteroatoms. The van der Waals surface area contributed by atoms with Gasteiger partial charge in [-0.3, -0.25) is 0 Å². The van der Waals surface area contributed by atoms with Crippen LogP contribution in [0.5, 0.6) is 5.75 Å². The summed E-state index contributed by atoms with van der Waals surface area (Å²) >= 11 is 0. The fourth-order valence-corrected chi connectivity index (χ4v) is 2.67. The van der Waals surface area contributed by atoms with Crippen LogP contribution in [0.3, 0.4) is 0 Å². The number of carbonyl (C=O) groups is 1. The van der Waals surface area contributed by atoms with E-state index in [1.54, 1.807) is 58.2 Å². The summed E-state index contributed by atoms with van der Waals surface area (Å²) in [7, 11) is 3.40. The zero-order valence-electron chi connectivity index (χ0n) is 15.5.